The Hall–Kier alpha value is -2.24. The number of amides is 2. The molecule has 3 N–H and O–H groups in total. The Bertz CT molecular complexity index is 474. The van der Waals surface area contributed by atoms with Crippen molar-refractivity contribution in [1.82, 2.24) is 5.32 Å². The number of benzene rings is 1. The highest BCUT2D eigenvalue weighted by atomic mass is 16.4. The third-order valence-corrected chi connectivity index (χ3v) is 2.90. The van der Waals surface area contributed by atoms with E-state index >= 15 is 0 Å². The second-order valence-corrected chi connectivity index (χ2v) is 4.85. The highest BCUT2D eigenvalue weighted by molar-refractivity contribution is 5.89. The molecule has 0 saturated carbocycles. The molecule has 1 aromatic carbocycles. The molecule has 1 unspecified atom stereocenters. The third-order valence-electron chi connectivity index (χ3n) is 2.90. The van der Waals surface area contributed by atoms with Gasteiger partial charge in [-0.2, -0.15) is 0 Å². The van der Waals surface area contributed by atoms with Crippen molar-refractivity contribution in [1.29, 1.82) is 0 Å². The minimum atomic E-state index is -0.856. The summed E-state index contributed by atoms with van der Waals surface area (Å²) in [6, 6.07) is 7.12. The molecular formula is C14H21N3O3. The van der Waals surface area contributed by atoms with Gasteiger partial charge >= 0.3 is 12.0 Å². The molecule has 6 nitrogen and oxygen atoms in total. The molecule has 6 heteroatoms. The van der Waals surface area contributed by atoms with Crippen molar-refractivity contribution in [3.63, 3.8) is 0 Å². The van der Waals surface area contributed by atoms with E-state index in [0.29, 0.717) is 18.7 Å². The second kappa shape index (κ2) is 7.37. The van der Waals surface area contributed by atoms with Crippen LogP contribution in [0, 0.1) is 5.92 Å². The molecule has 1 atom stereocenters. The lowest BCUT2D eigenvalue weighted by Gasteiger charge is -2.14. The van der Waals surface area contributed by atoms with Crippen LogP contribution in [-0.2, 0) is 4.79 Å². The summed E-state index contributed by atoms with van der Waals surface area (Å²) in [6.45, 7) is 1.94. The number of nitrogens with zero attached hydrogens (tertiary/aromatic N) is 1. The average Bonchev–Trinajstić information content (AvgIpc) is 2.38. The zero-order chi connectivity index (χ0) is 15.1. The van der Waals surface area contributed by atoms with Crippen molar-refractivity contribution in [2.24, 2.45) is 5.92 Å². The van der Waals surface area contributed by atoms with E-state index < -0.39 is 11.9 Å². The summed E-state index contributed by atoms with van der Waals surface area (Å²) < 4.78 is 0. The van der Waals surface area contributed by atoms with Crippen LogP contribution in [0.4, 0.5) is 16.2 Å². The number of anilines is 2. The van der Waals surface area contributed by atoms with Gasteiger partial charge in [-0.15, -0.1) is 0 Å². The van der Waals surface area contributed by atoms with Crippen molar-refractivity contribution >= 4 is 23.4 Å². The van der Waals surface area contributed by atoms with Gasteiger partial charge in [0.05, 0.1) is 5.92 Å². The molecule has 0 aliphatic heterocycles. The number of rotatable bonds is 6. The molecule has 0 bridgehead atoms. The molecule has 1 rings (SSSR count). The molecule has 1 aromatic rings. The van der Waals surface area contributed by atoms with E-state index in [2.05, 4.69) is 10.6 Å². The Balaban J connectivity index is 2.42. The first-order valence-corrected chi connectivity index (χ1v) is 6.45. The van der Waals surface area contributed by atoms with E-state index in [9.17, 15) is 9.59 Å². The zero-order valence-electron chi connectivity index (χ0n) is 12.0. The van der Waals surface area contributed by atoms with Gasteiger partial charge in [0.2, 0.25) is 0 Å². The molecule has 0 aliphatic carbocycles. The Morgan fingerprint density at radius 2 is 2.05 bits per heavy atom. The number of nitrogens with one attached hydrogen (secondary N) is 2. The normalized spacial score (nSPS) is 11.6. The first-order chi connectivity index (χ1) is 9.40. The maximum Gasteiger partial charge on any atom is 0.319 e. The van der Waals surface area contributed by atoms with E-state index in [0.717, 1.165) is 5.69 Å². The number of hydrogen-bond acceptors (Lipinski definition) is 3. The van der Waals surface area contributed by atoms with Gasteiger partial charge in [0.15, 0.2) is 0 Å². The van der Waals surface area contributed by atoms with Crippen molar-refractivity contribution in [3.05, 3.63) is 24.3 Å². The maximum absolute atomic E-state index is 11.7. The molecule has 110 valence electrons. The van der Waals surface area contributed by atoms with Gasteiger partial charge in [-0.1, -0.05) is 13.0 Å². The van der Waals surface area contributed by atoms with E-state index in [1.165, 1.54) is 0 Å². The zero-order valence-corrected chi connectivity index (χ0v) is 12.0. The van der Waals surface area contributed by atoms with Crippen molar-refractivity contribution in [2.45, 2.75) is 13.3 Å². The Morgan fingerprint density at radius 1 is 1.35 bits per heavy atom. The number of urea groups is 1. The van der Waals surface area contributed by atoms with Crippen LogP contribution in [0.3, 0.4) is 0 Å². The molecule has 0 fully saturated rings. The predicted molar refractivity (Wildman–Crippen MR) is 79.2 cm³/mol. The van der Waals surface area contributed by atoms with Gasteiger partial charge in [-0.25, -0.2) is 4.79 Å². The first-order valence-electron chi connectivity index (χ1n) is 6.45. The van der Waals surface area contributed by atoms with Crippen molar-refractivity contribution < 1.29 is 14.7 Å². The fourth-order valence-electron chi connectivity index (χ4n) is 1.56. The summed E-state index contributed by atoms with van der Waals surface area (Å²) in [4.78, 5) is 24.2. The predicted octanol–water partition coefficient (Wildman–Crippen LogP) is 1.98. The summed E-state index contributed by atoms with van der Waals surface area (Å²) in [7, 11) is 3.85. The third kappa shape index (κ3) is 5.17. The number of hydrogen-bond donors (Lipinski definition) is 3. The van der Waals surface area contributed by atoms with Crippen molar-refractivity contribution in [2.75, 3.05) is 30.9 Å². The molecule has 0 saturated heterocycles. The van der Waals surface area contributed by atoms with Crippen LogP contribution >= 0.6 is 0 Å². The highest BCUT2D eigenvalue weighted by Gasteiger charge is 2.10. The summed E-state index contributed by atoms with van der Waals surface area (Å²) in [5.41, 5.74) is 1.68. The molecule has 0 aliphatic rings. The van der Waals surface area contributed by atoms with Crippen LogP contribution in [-0.4, -0.2) is 37.7 Å². The minimum absolute atomic E-state index is 0.326. The molecule has 20 heavy (non-hydrogen) atoms. The largest absolute Gasteiger partial charge is 0.481 e. The van der Waals surface area contributed by atoms with E-state index in [-0.39, 0.29) is 6.03 Å². The number of carboxylic acids is 1. The van der Waals surface area contributed by atoms with Gasteiger partial charge in [0.1, 0.15) is 0 Å². The van der Waals surface area contributed by atoms with E-state index in [4.69, 9.17) is 5.11 Å². The lowest BCUT2D eigenvalue weighted by atomic mass is 10.1. The van der Waals surface area contributed by atoms with Crippen LogP contribution in [0.15, 0.2) is 24.3 Å². The van der Waals surface area contributed by atoms with Gasteiger partial charge in [-0.3, -0.25) is 4.79 Å². The van der Waals surface area contributed by atoms with Crippen LogP contribution in [0.5, 0.6) is 0 Å². The molecule has 2 amide bonds. The van der Waals surface area contributed by atoms with E-state index in [1.54, 1.807) is 13.0 Å². The van der Waals surface area contributed by atoms with Crippen LogP contribution in [0.1, 0.15) is 13.3 Å². The topological polar surface area (TPSA) is 81.7 Å². The minimum Gasteiger partial charge on any atom is -0.481 e. The summed E-state index contributed by atoms with van der Waals surface area (Å²) >= 11 is 0. The lowest BCUT2D eigenvalue weighted by molar-refractivity contribution is -0.141. The Kier molecular flexibility index (Phi) is 5.83. The maximum atomic E-state index is 11.7. The number of carbonyl (C=O) groups is 2. The monoisotopic (exact) mass is 279 g/mol. The van der Waals surface area contributed by atoms with Crippen LogP contribution in [0.25, 0.3) is 0 Å². The molecule has 0 aromatic heterocycles. The molecule has 0 heterocycles. The summed E-state index contributed by atoms with van der Waals surface area (Å²) in [5, 5.41) is 14.1. The van der Waals surface area contributed by atoms with Crippen LogP contribution in [0.2, 0.25) is 0 Å². The molecule has 0 radical (unpaired) electrons. The number of aliphatic carboxylic acids is 1. The smallest absolute Gasteiger partial charge is 0.319 e. The van der Waals surface area contributed by atoms with E-state index in [1.807, 2.05) is 37.2 Å². The highest BCUT2D eigenvalue weighted by Crippen LogP contribution is 2.16. The Labute approximate surface area is 118 Å². The molecular weight excluding hydrogens is 258 g/mol. The fourth-order valence-corrected chi connectivity index (χ4v) is 1.56. The quantitative estimate of drug-likeness (QED) is 0.743. The summed E-state index contributed by atoms with van der Waals surface area (Å²) in [6.07, 6.45) is 0.403. The SMILES string of the molecule is CC(CCNC(=O)Nc1cccc(N(C)C)c1)C(=O)O. The fraction of sp³-hybridized carbons (Fsp3) is 0.429. The van der Waals surface area contributed by atoms with Crippen molar-refractivity contribution in [3.8, 4) is 0 Å². The van der Waals surface area contributed by atoms with Crippen LogP contribution < -0.4 is 15.5 Å². The summed E-state index contributed by atoms with van der Waals surface area (Å²) in [5.74, 6) is -1.32. The lowest BCUT2D eigenvalue weighted by Crippen LogP contribution is -2.31. The first kappa shape index (κ1) is 15.8. The van der Waals surface area contributed by atoms with Gasteiger partial charge in [0.25, 0.3) is 0 Å². The second-order valence-electron chi connectivity index (χ2n) is 4.85. The Morgan fingerprint density at radius 3 is 2.65 bits per heavy atom. The van der Waals surface area contributed by atoms with Gasteiger partial charge < -0.3 is 20.6 Å². The van der Waals surface area contributed by atoms with Gasteiger partial charge in [0, 0.05) is 32.0 Å². The number of carbonyl (C=O) groups excluding carboxylic acids is 1. The standard InChI is InChI=1S/C14H21N3O3/c1-10(13(18)19)7-8-15-14(20)16-11-5-4-6-12(9-11)17(2)3/h4-6,9-10H,7-8H2,1-3H3,(H,18,19)(H2,15,16,20). The average molecular weight is 279 g/mol. The number of carboxylic acid groups (broad SMARTS) is 1. The van der Waals surface area contributed by atoms with Gasteiger partial charge in [-0.05, 0) is 24.6 Å². The molecule has 0 spiro atoms.